The van der Waals surface area contributed by atoms with Crippen molar-refractivity contribution in [1.82, 2.24) is 14.9 Å². The fourth-order valence-electron chi connectivity index (χ4n) is 4.08. The summed E-state index contributed by atoms with van der Waals surface area (Å²) >= 11 is 0. The van der Waals surface area contributed by atoms with Crippen LogP contribution in [0.15, 0.2) is 23.1 Å². The molecular weight excluding hydrogens is 466 g/mol. The zero-order chi connectivity index (χ0) is 23.5. The van der Waals surface area contributed by atoms with Gasteiger partial charge in [-0.15, -0.1) is 5.73 Å². The van der Waals surface area contributed by atoms with Crippen molar-refractivity contribution in [3.63, 3.8) is 0 Å². The molecule has 14 heteroatoms. The first-order valence-electron chi connectivity index (χ1n) is 9.52. The summed E-state index contributed by atoms with van der Waals surface area (Å²) in [4.78, 5) is 20.5. The summed E-state index contributed by atoms with van der Waals surface area (Å²) in [7, 11) is -3.37. The van der Waals surface area contributed by atoms with Gasteiger partial charge in [0.2, 0.25) is 5.95 Å². The number of sulfone groups is 1. The number of anilines is 1. The number of alkyl halides is 6. The van der Waals surface area contributed by atoms with Gasteiger partial charge in [-0.05, 0) is 24.0 Å². The highest BCUT2D eigenvalue weighted by atomic mass is 32.2. The number of nitrogens with zero attached hydrogens (tertiary/aromatic N) is 3. The van der Waals surface area contributed by atoms with Crippen LogP contribution in [0.5, 0.6) is 0 Å². The van der Waals surface area contributed by atoms with E-state index in [1.807, 2.05) is 0 Å². The van der Waals surface area contributed by atoms with Crippen molar-refractivity contribution >= 4 is 21.7 Å². The molecule has 1 saturated heterocycles. The van der Waals surface area contributed by atoms with Crippen LogP contribution in [0.25, 0.3) is 0 Å². The molecule has 0 spiro atoms. The molecule has 0 saturated carbocycles. The number of hydrogen-bond acceptors (Lipinski definition) is 6. The van der Waals surface area contributed by atoms with Gasteiger partial charge in [0.15, 0.2) is 15.5 Å². The zero-order valence-electron chi connectivity index (χ0n) is 16.2. The number of nitrogens with one attached hydrogen (secondary N) is 1. The van der Waals surface area contributed by atoms with E-state index in [1.54, 1.807) is 0 Å². The van der Waals surface area contributed by atoms with E-state index in [0.29, 0.717) is 12.6 Å². The fourth-order valence-corrected chi connectivity index (χ4v) is 5.28. The maximum Gasteiger partial charge on any atom is 0.434 e. The number of rotatable bonds is 3. The molecule has 3 aliphatic rings. The van der Waals surface area contributed by atoms with Gasteiger partial charge < -0.3 is 10.2 Å². The monoisotopic (exact) mass is 482 g/mol. The van der Waals surface area contributed by atoms with Gasteiger partial charge in [-0.1, -0.05) is 0 Å². The minimum atomic E-state index is -5.09. The minimum absolute atomic E-state index is 0.0351. The van der Waals surface area contributed by atoms with Crippen molar-refractivity contribution in [2.45, 2.75) is 31.2 Å². The Kier molecular flexibility index (Phi) is 5.28. The topological polar surface area (TPSA) is 92.3 Å². The SMILES string of the molecule is O=C(c1cnc(N[C@@H]2C3=C=C(CC3)[C@H]2C(F)(F)F)nc1C(F)(F)F)N1CCS(=O)(=O)CC1. The van der Waals surface area contributed by atoms with Gasteiger partial charge in [-0.25, -0.2) is 18.4 Å². The molecule has 0 unspecified atom stereocenters. The Morgan fingerprint density at radius 2 is 1.72 bits per heavy atom. The van der Waals surface area contributed by atoms with Crippen LogP contribution < -0.4 is 5.32 Å². The van der Waals surface area contributed by atoms with E-state index in [1.165, 1.54) is 0 Å². The van der Waals surface area contributed by atoms with E-state index in [4.69, 9.17) is 0 Å². The molecular formula is C18H16F6N4O3S. The lowest BCUT2D eigenvalue weighted by molar-refractivity contribution is -0.166. The Morgan fingerprint density at radius 1 is 1.09 bits per heavy atom. The summed E-state index contributed by atoms with van der Waals surface area (Å²) in [6.07, 6.45) is -8.62. The van der Waals surface area contributed by atoms with Crippen molar-refractivity contribution < 1.29 is 39.6 Å². The largest absolute Gasteiger partial charge is 0.434 e. The second kappa shape index (κ2) is 7.48. The van der Waals surface area contributed by atoms with Gasteiger partial charge in [0.25, 0.3) is 5.91 Å². The molecule has 0 aromatic carbocycles. The van der Waals surface area contributed by atoms with Gasteiger partial charge in [0.1, 0.15) is 5.92 Å². The van der Waals surface area contributed by atoms with E-state index < -0.39 is 57.3 Å². The Morgan fingerprint density at radius 3 is 2.31 bits per heavy atom. The second-order valence-corrected chi connectivity index (χ2v) is 10.0. The lowest BCUT2D eigenvalue weighted by Gasteiger charge is -2.31. The third kappa shape index (κ3) is 4.20. The van der Waals surface area contributed by atoms with Crippen molar-refractivity contribution in [2.75, 3.05) is 29.9 Å². The van der Waals surface area contributed by atoms with Crippen molar-refractivity contribution in [3.8, 4) is 0 Å². The molecule has 1 amide bonds. The van der Waals surface area contributed by atoms with Gasteiger partial charge in [0.05, 0.1) is 23.1 Å². The number of amides is 1. The number of aromatic nitrogens is 2. The molecule has 2 heterocycles. The number of carbonyl (C=O) groups excluding carboxylic acids is 1. The maximum atomic E-state index is 13.6. The molecule has 32 heavy (non-hydrogen) atoms. The fraction of sp³-hybridized carbons (Fsp3) is 0.556. The first-order valence-corrected chi connectivity index (χ1v) is 11.3. The number of halogens is 6. The van der Waals surface area contributed by atoms with Crippen LogP contribution in [0.4, 0.5) is 32.3 Å². The Hall–Kier alpha value is -2.60. The summed E-state index contributed by atoms with van der Waals surface area (Å²) in [5, 5.41) is 2.33. The van der Waals surface area contributed by atoms with E-state index in [2.05, 4.69) is 21.0 Å². The molecule has 1 aromatic heterocycles. The van der Waals surface area contributed by atoms with Crippen molar-refractivity contribution in [2.24, 2.45) is 5.92 Å². The molecule has 2 bridgehead atoms. The van der Waals surface area contributed by atoms with Crippen LogP contribution in [0.1, 0.15) is 28.9 Å². The van der Waals surface area contributed by atoms with Crippen LogP contribution in [0.3, 0.4) is 0 Å². The van der Waals surface area contributed by atoms with E-state index in [0.717, 1.165) is 4.90 Å². The molecule has 1 N–H and O–H groups in total. The first-order chi connectivity index (χ1) is 14.8. The van der Waals surface area contributed by atoms with Gasteiger partial charge in [0, 0.05) is 19.3 Å². The quantitative estimate of drug-likeness (QED) is 0.526. The first kappa shape index (κ1) is 22.6. The standard InChI is InChI=1S/C18H16F6N4O3S/c19-17(20,21)12-9-1-2-10(7-9)13(12)26-16-25-8-11(14(27-16)18(22,23)24)15(29)28-3-5-32(30,31)6-4-28/h8,12-13H,1-6H2,(H,25,26,27)/t12-,13-/m1/s1. The highest BCUT2D eigenvalue weighted by molar-refractivity contribution is 7.91. The lowest BCUT2D eigenvalue weighted by Crippen LogP contribution is -2.44. The normalized spacial score (nSPS) is 24.9. The predicted octanol–water partition coefficient (Wildman–Crippen LogP) is 2.58. The van der Waals surface area contributed by atoms with Crippen molar-refractivity contribution in [1.29, 1.82) is 0 Å². The van der Waals surface area contributed by atoms with E-state index >= 15 is 0 Å². The smallest absolute Gasteiger partial charge is 0.346 e. The average molecular weight is 482 g/mol. The van der Waals surface area contributed by atoms with Gasteiger partial charge in [-0.2, -0.15) is 26.3 Å². The summed E-state index contributed by atoms with van der Waals surface area (Å²) in [6.45, 7) is -0.563. The van der Waals surface area contributed by atoms with E-state index in [9.17, 15) is 39.6 Å². The summed E-state index contributed by atoms with van der Waals surface area (Å²) in [6, 6.07) is -1.37. The van der Waals surface area contributed by atoms with Crippen LogP contribution in [0, 0.1) is 5.92 Å². The molecule has 1 aromatic rings. The van der Waals surface area contributed by atoms with Gasteiger partial charge in [-0.3, -0.25) is 4.79 Å². The van der Waals surface area contributed by atoms with Crippen LogP contribution in [-0.2, 0) is 16.0 Å². The molecule has 1 aliphatic heterocycles. The Bertz CT molecular complexity index is 1120. The van der Waals surface area contributed by atoms with Crippen LogP contribution in [0.2, 0.25) is 0 Å². The van der Waals surface area contributed by atoms with E-state index in [-0.39, 0.29) is 42.2 Å². The third-order valence-electron chi connectivity index (χ3n) is 5.63. The average Bonchev–Trinajstić information content (AvgIpc) is 3.28. The summed E-state index contributed by atoms with van der Waals surface area (Å²) < 4.78 is 104. The summed E-state index contributed by atoms with van der Waals surface area (Å²) in [5.74, 6) is -4.49. The van der Waals surface area contributed by atoms with Gasteiger partial charge >= 0.3 is 12.4 Å². The van der Waals surface area contributed by atoms with Crippen LogP contribution in [-0.4, -0.2) is 66.0 Å². The molecule has 1 fully saturated rings. The molecule has 0 radical (unpaired) electrons. The Balaban J connectivity index is 1.61. The number of carbonyl (C=O) groups is 1. The highest BCUT2D eigenvalue weighted by Gasteiger charge is 2.53. The number of hydrogen-bond donors (Lipinski definition) is 1. The molecule has 4 rings (SSSR count). The predicted molar refractivity (Wildman–Crippen MR) is 98.3 cm³/mol. The molecule has 2 aliphatic carbocycles. The highest BCUT2D eigenvalue weighted by Crippen LogP contribution is 2.48. The molecule has 174 valence electrons. The molecule has 2 atom stereocenters. The maximum absolute atomic E-state index is 13.6. The van der Waals surface area contributed by atoms with Crippen molar-refractivity contribution in [3.05, 3.63) is 34.3 Å². The molecule has 7 nitrogen and oxygen atoms in total. The minimum Gasteiger partial charge on any atom is -0.346 e. The van der Waals surface area contributed by atoms with Crippen LogP contribution >= 0.6 is 0 Å². The third-order valence-corrected chi connectivity index (χ3v) is 7.23. The lowest BCUT2D eigenvalue weighted by atomic mass is 9.84. The second-order valence-electron chi connectivity index (χ2n) is 7.71. The zero-order valence-corrected chi connectivity index (χ0v) is 17.0. The summed E-state index contributed by atoms with van der Waals surface area (Å²) in [5.41, 5.74) is 0.457. The Labute approximate surface area is 178 Å².